The van der Waals surface area contributed by atoms with Gasteiger partial charge in [-0.25, -0.2) is 0 Å². The van der Waals surface area contributed by atoms with Crippen molar-refractivity contribution in [3.63, 3.8) is 0 Å². The minimum absolute atomic E-state index is 0.0547. The Hall–Kier alpha value is -2.18. The first-order valence-corrected chi connectivity index (χ1v) is 9.02. The molecule has 4 rings (SSSR count). The number of carbonyl (C=O) groups excluding carboxylic acids is 1. The van der Waals surface area contributed by atoms with Crippen molar-refractivity contribution in [3.8, 4) is 0 Å². The maximum Gasteiger partial charge on any atom is 0.225 e. The van der Waals surface area contributed by atoms with Gasteiger partial charge in [-0.1, -0.05) is 19.3 Å². The Balaban J connectivity index is 1.41. The van der Waals surface area contributed by atoms with E-state index in [-0.39, 0.29) is 11.8 Å². The lowest BCUT2D eigenvalue weighted by Crippen LogP contribution is -2.46. The van der Waals surface area contributed by atoms with Crippen LogP contribution in [0.5, 0.6) is 0 Å². The second-order valence-corrected chi connectivity index (χ2v) is 6.95. The van der Waals surface area contributed by atoms with Gasteiger partial charge in [0.15, 0.2) is 5.65 Å². The summed E-state index contributed by atoms with van der Waals surface area (Å²) in [4.78, 5) is 14.8. The van der Waals surface area contributed by atoms with Crippen LogP contribution >= 0.6 is 0 Å². The third-order valence-electron chi connectivity index (χ3n) is 5.22. The molecule has 1 saturated carbocycles. The van der Waals surface area contributed by atoms with Crippen LogP contribution in [-0.2, 0) is 4.79 Å². The molecular formula is C17H24N6O. The second-order valence-electron chi connectivity index (χ2n) is 6.95. The molecule has 0 radical (unpaired) electrons. The number of aromatic nitrogens is 4. The number of rotatable bonds is 3. The number of carbonyl (C=O) groups is 1. The molecule has 0 unspecified atom stereocenters. The van der Waals surface area contributed by atoms with E-state index in [1.807, 2.05) is 12.1 Å². The first-order chi connectivity index (χ1) is 11.8. The molecule has 2 aromatic heterocycles. The fraction of sp³-hybridized carbons (Fsp3) is 0.647. The van der Waals surface area contributed by atoms with E-state index in [1.165, 1.54) is 19.3 Å². The molecule has 1 aliphatic carbocycles. The van der Waals surface area contributed by atoms with Crippen molar-refractivity contribution in [3.05, 3.63) is 18.5 Å². The lowest BCUT2D eigenvalue weighted by atomic mass is 9.93. The molecule has 2 aromatic rings. The minimum atomic E-state index is 0.0547. The van der Waals surface area contributed by atoms with Crippen LogP contribution in [0.4, 0.5) is 5.82 Å². The standard InChI is InChI=1S/C17H24N6O/c24-17(19-14-6-2-1-3-7-14)13-5-4-10-22(11-13)16-9-8-15-20-18-12-23(15)21-16/h8-9,12-14H,1-7,10-11H2,(H,19,24)/t13-/m0/s1. The summed E-state index contributed by atoms with van der Waals surface area (Å²) in [5.74, 6) is 1.16. The molecule has 2 aliphatic rings. The fourth-order valence-electron chi connectivity index (χ4n) is 3.85. The van der Waals surface area contributed by atoms with Gasteiger partial charge in [0, 0.05) is 19.1 Å². The van der Waals surface area contributed by atoms with E-state index in [9.17, 15) is 4.79 Å². The van der Waals surface area contributed by atoms with Crippen molar-refractivity contribution in [2.24, 2.45) is 5.92 Å². The number of hydrogen-bond acceptors (Lipinski definition) is 5. The van der Waals surface area contributed by atoms with Gasteiger partial charge in [-0.15, -0.1) is 15.3 Å². The molecule has 0 bridgehead atoms. The van der Waals surface area contributed by atoms with Crippen LogP contribution in [0.25, 0.3) is 5.65 Å². The molecule has 1 aliphatic heterocycles. The van der Waals surface area contributed by atoms with E-state index in [2.05, 4.69) is 25.5 Å². The molecule has 1 amide bonds. The number of nitrogens with zero attached hydrogens (tertiary/aromatic N) is 5. The zero-order chi connectivity index (χ0) is 16.4. The predicted molar refractivity (Wildman–Crippen MR) is 90.7 cm³/mol. The minimum Gasteiger partial charge on any atom is -0.354 e. The van der Waals surface area contributed by atoms with Gasteiger partial charge in [-0.3, -0.25) is 4.79 Å². The zero-order valence-electron chi connectivity index (χ0n) is 13.9. The first-order valence-electron chi connectivity index (χ1n) is 9.02. The quantitative estimate of drug-likeness (QED) is 0.930. The topological polar surface area (TPSA) is 75.4 Å². The Labute approximate surface area is 141 Å². The first kappa shape index (κ1) is 15.4. The van der Waals surface area contributed by atoms with Gasteiger partial charge in [0.05, 0.1) is 5.92 Å². The molecule has 2 fully saturated rings. The lowest BCUT2D eigenvalue weighted by Gasteiger charge is -2.34. The zero-order valence-corrected chi connectivity index (χ0v) is 13.9. The Kier molecular flexibility index (Phi) is 4.32. The van der Waals surface area contributed by atoms with Gasteiger partial charge in [0.1, 0.15) is 12.1 Å². The SMILES string of the molecule is O=C(NC1CCCCC1)[C@H]1CCCN(c2ccc3nncn3n2)C1. The van der Waals surface area contributed by atoms with Gasteiger partial charge >= 0.3 is 0 Å². The molecule has 1 N–H and O–H groups in total. The van der Waals surface area contributed by atoms with Crippen LogP contribution in [0.3, 0.4) is 0 Å². The van der Waals surface area contributed by atoms with Gasteiger partial charge in [0.25, 0.3) is 0 Å². The van der Waals surface area contributed by atoms with Crippen LogP contribution in [-0.4, -0.2) is 44.8 Å². The summed E-state index contributed by atoms with van der Waals surface area (Å²) in [6, 6.07) is 4.26. The van der Waals surface area contributed by atoms with Crippen LogP contribution in [0.15, 0.2) is 18.5 Å². The molecular weight excluding hydrogens is 304 g/mol. The summed E-state index contributed by atoms with van der Waals surface area (Å²) in [7, 11) is 0. The Morgan fingerprint density at radius 3 is 2.88 bits per heavy atom. The summed E-state index contributed by atoms with van der Waals surface area (Å²) in [6.07, 6.45) is 9.64. The maximum atomic E-state index is 12.6. The second kappa shape index (κ2) is 6.75. The molecule has 7 nitrogen and oxygen atoms in total. The molecule has 3 heterocycles. The number of fused-ring (bicyclic) bond motifs is 1. The number of piperidine rings is 1. The number of anilines is 1. The Morgan fingerprint density at radius 2 is 2.00 bits per heavy atom. The largest absolute Gasteiger partial charge is 0.354 e. The summed E-state index contributed by atoms with van der Waals surface area (Å²) < 4.78 is 1.68. The Bertz CT molecular complexity index is 708. The predicted octanol–water partition coefficient (Wildman–Crippen LogP) is 1.79. The van der Waals surface area contributed by atoms with Crippen LogP contribution < -0.4 is 10.2 Å². The van der Waals surface area contributed by atoms with Crippen LogP contribution in [0.1, 0.15) is 44.9 Å². The highest BCUT2D eigenvalue weighted by Crippen LogP contribution is 2.23. The van der Waals surface area contributed by atoms with E-state index < -0.39 is 0 Å². The highest BCUT2D eigenvalue weighted by atomic mass is 16.2. The van der Waals surface area contributed by atoms with Crippen molar-refractivity contribution >= 4 is 17.4 Å². The smallest absolute Gasteiger partial charge is 0.225 e. The number of hydrogen-bond donors (Lipinski definition) is 1. The average Bonchev–Trinajstić information content (AvgIpc) is 3.10. The number of nitrogens with one attached hydrogen (secondary N) is 1. The van der Waals surface area contributed by atoms with Gasteiger partial charge in [-0.05, 0) is 37.8 Å². The van der Waals surface area contributed by atoms with Gasteiger partial charge in [0.2, 0.25) is 5.91 Å². The third-order valence-corrected chi connectivity index (χ3v) is 5.22. The van der Waals surface area contributed by atoms with E-state index in [0.29, 0.717) is 6.04 Å². The third kappa shape index (κ3) is 3.20. The normalized spacial score (nSPS) is 22.7. The molecule has 1 saturated heterocycles. The average molecular weight is 328 g/mol. The summed E-state index contributed by atoms with van der Waals surface area (Å²) in [6.45, 7) is 1.67. The van der Waals surface area contributed by atoms with Crippen molar-refractivity contribution < 1.29 is 4.79 Å². The number of amides is 1. The monoisotopic (exact) mass is 328 g/mol. The molecule has 1 atom stereocenters. The van der Waals surface area contributed by atoms with Crippen molar-refractivity contribution in [1.82, 2.24) is 25.1 Å². The van der Waals surface area contributed by atoms with Crippen molar-refractivity contribution in [2.45, 2.75) is 51.0 Å². The summed E-state index contributed by atoms with van der Waals surface area (Å²) in [5.41, 5.74) is 0.738. The molecule has 0 aromatic carbocycles. The lowest BCUT2D eigenvalue weighted by molar-refractivity contribution is -0.126. The molecule has 24 heavy (non-hydrogen) atoms. The van der Waals surface area contributed by atoms with E-state index in [0.717, 1.165) is 50.2 Å². The van der Waals surface area contributed by atoms with Gasteiger partial charge in [-0.2, -0.15) is 4.52 Å². The van der Waals surface area contributed by atoms with Gasteiger partial charge < -0.3 is 10.2 Å². The molecule has 0 spiro atoms. The van der Waals surface area contributed by atoms with E-state index >= 15 is 0 Å². The van der Waals surface area contributed by atoms with Crippen molar-refractivity contribution in [1.29, 1.82) is 0 Å². The summed E-state index contributed by atoms with van der Waals surface area (Å²) >= 11 is 0. The van der Waals surface area contributed by atoms with E-state index in [4.69, 9.17) is 0 Å². The van der Waals surface area contributed by atoms with E-state index in [1.54, 1.807) is 10.8 Å². The highest BCUT2D eigenvalue weighted by Gasteiger charge is 2.28. The highest BCUT2D eigenvalue weighted by molar-refractivity contribution is 5.79. The fourth-order valence-corrected chi connectivity index (χ4v) is 3.85. The summed E-state index contributed by atoms with van der Waals surface area (Å²) in [5, 5.41) is 15.7. The van der Waals surface area contributed by atoms with Crippen molar-refractivity contribution in [2.75, 3.05) is 18.0 Å². The maximum absolute atomic E-state index is 12.6. The Morgan fingerprint density at radius 1 is 1.12 bits per heavy atom. The molecule has 7 heteroatoms. The van der Waals surface area contributed by atoms with Crippen LogP contribution in [0.2, 0.25) is 0 Å². The molecule has 128 valence electrons. The van der Waals surface area contributed by atoms with Crippen LogP contribution in [0, 0.1) is 5.92 Å².